The van der Waals surface area contributed by atoms with E-state index >= 15 is 0 Å². The number of amides is 1. The highest BCUT2D eigenvalue weighted by Gasteiger charge is 2.39. The molecule has 0 radical (unpaired) electrons. The molecule has 1 saturated carbocycles. The van der Waals surface area contributed by atoms with E-state index in [-0.39, 0.29) is 0 Å². The lowest BCUT2D eigenvalue weighted by atomic mass is 10.1. The molecule has 1 amide bonds. The molecule has 114 valence electrons. The summed E-state index contributed by atoms with van der Waals surface area (Å²) < 4.78 is 66.0. The van der Waals surface area contributed by atoms with Crippen LogP contribution in [0.4, 0.5) is 22.0 Å². The zero-order valence-corrected chi connectivity index (χ0v) is 10.3. The summed E-state index contributed by atoms with van der Waals surface area (Å²) in [6, 6.07) is -0.580. The van der Waals surface area contributed by atoms with Gasteiger partial charge in [0.25, 0.3) is 5.91 Å². The molecule has 1 aromatic carbocycles. The van der Waals surface area contributed by atoms with Crippen LogP contribution in [-0.2, 0) is 4.79 Å². The van der Waals surface area contributed by atoms with Crippen molar-refractivity contribution in [3.8, 4) is 0 Å². The largest absolute Gasteiger partial charge is 0.480 e. The van der Waals surface area contributed by atoms with Crippen LogP contribution in [0.2, 0.25) is 0 Å². The summed E-state index contributed by atoms with van der Waals surface area (Å²) in [5.41, 5.74) is -1.64. The number of carboxylic acids is 1. The van der Waals surface area contributed by atoms with Gasteiger partial charge in [0.1, 0.15) is 12.1 Å². The van der Waals surface area contributed by atoms with Gasteiger partial charge in [-0.05, 0) is 12.8 Å². The molecule has 1 fully saturated rings. The average Bonchev–Trinajstić information content (AvgIpc) is 3.24. The molecular weight excluding hydrogens is 301 g/mol. The van der Waals surface area contributed by atoms with Gasteiger partial charge in [-0.25, -0.2) is 22.0 Å². The molecule has 1 aromatic rings. The van der Waals surface area contributed by atoms with Gasteiger partial charge in [0.05, 0.1) is 0 Å². The third-order valence-electron chi connectivity index (χ3n) is 2.98. The van der Waals surface area contributed by atoms with Crippen LogP contribution in [0.25, 0.3) is 0 Å². The lowest BCUT2D eigenvalue weighted by Gasteiger charge is -2.21. The van der Waals surface area contributed by atoms with Crippen LogP contribution in [-0.4, -0.2) is 34.5 Å². The first-order chi connectivity index (χ1) is 9.75. The van der Waals surface area contributed by atoms with Crippen molar-refractivity contribution in [3.63, 3.8) is 0 Å². The van der Waals surface area contributed by atoms with Gasteiger partial charge in [0, 0.05) is 6.04 Å². The SMILES string of the molecule is O=C(O)CN(C(=O)c1c(F)c(F)c(F)c(F)c1F)C1CC1. The van der Waals surface area contributed by atoms with Crippen molar-refractivity contribution >= 4 is 11.9 Å². The van der Waals surface area contributed by atoms with Crippen molar-refractivity contribution in [3.05, 3.63) is 34.6 Å². The van der Waals surface area contributed by atoms with Crippen LogP contribution in [0.3, 0.4) is 0 Å². The number of hydrogen-bond acceptors (Lipinski definition) is 2. The molecule has 0 atom stereocenters. The average molecular weight is 309 g/mol. The molecule has 1 aliphatic carbocycles. The van der Waals surface area contributed by atoms with Gasteiger partial charge < -0.3 is 10.0 Å². The number of carbonyl (C=O) groups excluding carboxylic acids is 1. The molecule has 0 aromatic heterocycles. The van der Waals surface area contributed by atoms with Crippen LogP contribution in [0.5, 0.6) is 0 Å². The number of nitrogens with zero attached hydrogens (tertiary/aromatic N) is 1. The quantitative estimate of drug-likeness (QED) is 0.526. The molecule has 2 rings (SSSR count). The monoisotopic (exact) mass is 309 g/mol. The van der Waals surface area contributed by atoms with E-state index < -0.39 is 59.1 Å². The summed E-state index contributed by atoms with van der Waals surface area (Å²) in [7, 11) is 0. The van der Waals surface area contributed by atoms with E-state index in [1.54, 1.807) is 0 Å². The van der Waals surface area contributed by atoms with Crippen LogP contribution in [0, 0.1) is 29.1 Å². The maximum Gasteiger partial charge on any atom is 0.323 e. The molecule has 0 unspecified atom stereocenters. The molecule has 21 heavy (non-hydrogen) atoms. The van der Waals surface area contributed by atoms with Crippen molar-refractivity contribution in [2.45, 2.75) is 18.9 Å². The van der Waals surface area contributed by atoms with Crippen LogP contribution >= 0.6 is 0 Å². The second-order valence-electron chi connectivity index (χ2n) is 4.50. The Morgan fingerprint density at radius 3 is 1.76 bits per heavy atom. The summed E-state index contributed by atoms with van der Waals surface area (Å²) in [5.74, 6) is -14.4. The molecule has 0 saturated heterocycles. The van der Waals surface area contributed by atoms with Crippen molar-refractivity contribution in [1.29, 1.82) is 0 Å². The first-order valence-electron chi connectivity index (χ1n) is 5.79. The first-order valence-corrected chi connectivity index (χ1v) is 5.79. The first kappa shape index (κ1) is 15.2. The molecule has 0 bridgehead atoms. The summed E-state index contributed by atoms with van der Waals surface area (Å²) in [4.78, 5) is 23.2. The molecule has 1 N–H and O–H groups in total. The minimum atomic E-state index is -2.38. The van der Waals surface area contributed by atoms with E-state index in [0.29, 0.717) is 17.7 Å². The van der Waals surface area contributed by atoms with Crippen LogP contribution in [0.15, 0.2) is 0 Å². The minimum Gasteiger partial charge on any atom is -0.480 e. The Kier molecular flexibility index (Phi) is 3.84. The zero-order chi connectivity index (χ0) is 15.9. The minimum absolute atomic E-state index is 0.397. The van der Waals surface area contributed by atoms with E-state index in [4.69, 9.17) is 5.11 Å². The van der Waals surface area contributed by atoms with Gasteiger partial charge in [0.15, 0.2) is 23.3 Å². The number of rotatable bonds is 4. The fourth-order valence-electron chi connectivity index (χ4n) is 1.83. The second kappa shape index (κ2) is 5.30. The lowest BCUT2D eigenvalue weighted by molar-refractivity contribution is -0.137. The molecular formula is C12H8F5NO3. The summed E-state index contributed by atoms with van der Waals surface area (Å²) >= 11 is 0. The number of aliphatic carboxylic acids is 1. The standard InChI is InChI=1S/C12H8F5NO3/c13-7-6(8(14)10(16)11(17)9(7)15)12(21)18(3-5(19)20)4-1-2-4/h4H,1-3H2,(H,19,20). The molecule has 0 heterocycles. The highest BCUT2D eigenvalue weighted by atomic mass is 19.2. The summed E-state index contributed by atoms with van der Waals surface area (Å²) in [6.45, 7) is -0.886. The van der Waals surface area contributed by atoms with Gasteiger partial charge in [-0.15, -0.1) is 0 Å². The Morgan fingerprint density at radius 2 is 1.38 bits per heavy atom. The fraction of sp³-hybridized carbons (Fsp3) is 0.333. The van der Waals surface area contributed by atoms with Crippen LogP contribution < -0.4 is 0 Å². The number of hydrogen-bond donors (Lipinski definition) is 1. The highest BCUT2D eigenvalue weighted by molar-refractivity contribution is 5.96. The van der Waals surface area contributed by atoms with Gasteiger partial charge in [-0.2, -0.15) is 0 Å². The summed E-state index contributed by atoms with van der Waals surface area (Å²) in [6.07, 6.45) is 0.794. The maximum atomic E-state index is 13.5. The number of carboxylic acid groups (broad SMARTS) is 1. The smallest absolute Gasteiger partial charge is 0.323 e. The molecule has 4 nitrogen and oxygen atoms in total. The number of benzene rings is 1. The maximum absolute atomic E-state index is 13.5. The van der Waals surface area contributed by atoms with Crippen molar-refractivity contribution < 1.29 is 36.6 Å². The fourth-order valence-corrected chi connectivity index (χ4v) is 1.83. The normalized spacial score (nSPS) is 14.1. The second-order valence-corrected chi connectivity index (χ2v) is 4.50. The lowest BCUT2D eigenvalue weighted by Crippen LogP contribution is -2.38. The Bertz CT molecular complexity index is 601. The van der Waals surface area contributed by atoms with E-state index in [2.05, 4.69) is 0 Å². The highest BCUT2D eigenvalue weighted by Crippen LogP contribution is 2.30. The predicted octanol–water partition coefficient (Wildman–Crippen LogP) is 2.07. The summed E-state index contributed by atoms with van der Waals surface area (Å²) in [5, 5.41) is 8.66. The third-order valence-corrected chi connectivity index (χ3v) is 2.98. The van der Waals surface area contributed by atoms with E-state index in [9.17, 15) is 31.5 Å². The van der Waals surface area contributed by atoms with Crippen molar-refractivity contribution in [2.75, 3.05) is 6.54 Å². The topological polar surface area (TPSA) is 57.6 Å². The van der Waals surface area contributed by atoms with Crippen molar-refractivity contribution in [1.82, 2.24) is 4.90 Å². The third kappa shape index (κ3) is 2.67. The van der Waals surface area contributed by atoms with Crippen LogP contribution in [0.1, 0.15) is 23.2 Å². The van der Waals surface area contributed by atoms with Crippen molar-refractivity contribution in [2.24, 2.45) is 0 Å². The van der Waals surface area contributed by atoms with E-state index in [0.717, 1.165) is 0 Å². The van der Waals surface area contributed by atoms with Gasteiger partial charge in [-0.3, -0.25) is 9.59 Å². The molecule has 9 heteroatoms. The molecule has 0 spiro atoms. The Hall–Kier alpha value is -2.19. The molecule has 1 aliphatic rings. The molecule has 0 aliphatic heterocycles. The predicted molar refractivity (Wildman–Crippen MR) is 57.9 cm³/mol. The number of carbonyl (C=O) groups is 2. The van der Waals surface area contributed by atoms with Gasteiger partial charge in [0.2, 0.25) is 5.82 Å². The zero-order valence-electron chi connectivity index (χ0n) is 10.3. The Balaban J connectivity index is 2.49. The number of halogens is 5. The Morgan fingerprint density at radius 1 is 0.952 bits per heavy atom. The van der Waals surface area contributed by atoms with E-state index in [1.807, 2.05) is 0 Å². The van der Waals surface area contributed by atoms with Gasteiger partial charge >= 0.3 is 5.97 Å². The van der Waals surface area contributed by atoms with E-state index in [1.165, 1.54) is 0 Å². The van der Waals surface area contributed by atoms with Gasteiger partial charge in [-0.1, -0.05) is 0 Å². The Labute approximate surface area is 114 Å².